The van der Waals surface area contributed by atoms with Gasteiger partial charge in [-0.1, -0.05) is 6.42 Å². The standard InChI is InChI=1S/C16H22N2O2/c1-10-14(16(19)20)5-6-15(17-10)18(2)9-13-8-11-3-4-12(13)7-11/h5-6,11-13H,3-4,7-9H2,1-2H3,(H,19,20). The van der Waals surface area contributed by atoms with Gasteiger partial charge in [0.2, 0.25) is 0 Å². The molecule has 2 aliphatic rings. The first-order valence-corrected chi connectivity index (χ1v) is 7.46. The number of nitrogens with zero attached hydrogens (tertiary/aromatic N) is 2. The summed E-state index contributed by atoms with van der Waals surface area (Å²) in [7, 11) is 2.06. The summed E-state index contributed by atoms with van der Waals surface area (Å²) in [5.41, 5.74) is 0.886. The number of anilines is 1. The Hall–Kier alpha value is -1.58. The second-order valence-corrected chi connectivity index (χ2v) is 6.42. The van der Waals surface area contributed by atoms with E-state index in [9.17, 15) is 4.79 Å². The highest BCUT2D eigenvalue weighted by Gasteiger charge is 2.39. The molecule has 1 aromatic rings. The minimum Gasteiger partial charge on any atom is -0.478 e. The molecule has 1 heterocycles. The minimum absolute atomic E-state index is 0.294. The first-order chi connectivity index (χ1) is 9.54. The van der Waals surface area contributed by atoms with Crippen molar-refractivity contribution < 1.29 is 9.90 Å². The molecule has 2 aliphatic carbocycles. The van der Waals surface area contributed by atoms with Gasteiger partial charge in [0.25, 0.3) is 0 Å². The molecule has 20 heavy (non-hydrogen) atoms. The van der Waals surface area contributed by atoms with Gasteiger partial charge < -0.3 is 10.0 Å². The number of aromatic carboxylic acids is 1. The monoisotopic (exact) mass is 274 g/mol. The number of hydrogen-bond acceptors (Lipinski definition) is 3. The van der Waals surface area contributed by atoms with Crippen molar-refractivity contribution in [3.63, 3.8) is 0 Å². The largest absolute Gasteiger partial charge is 0.478 e. The second kappa shape index (κ2) is 5.08. The van der Waals surface area contributed by atoms with E-state index in [1.54, 1.807) is 13.0 Å². The van der Waals surface area contributed by atoms with Crippen LogP contribution < -0.4 is 4.90 Å². The molecule has 3 atom stereocenters. The molecule has 0 aromatic carbocycles. The van der Waals surface area contributed by atoms with E-state index in [0.717, 1.165) is 30.1 Å². The molecular weight excluding hydrogens is 252 g/mol. The Morgan fingerprint density at radius 1 is 1.40 bits per heavy atom. The van der Waals surface area contributed by atoms with E-state index in [2.05, 4.69) is 16.9 Å². The predicted molar refractivity (Wildman–Crippen MR) is 78.1 cm³/mol. The van der Waals surface area contributed by atoms with Crippen LogP contribution >= 0.6 is 0 Å². The molecular formula is C16H22N2O2. The Bertz CT molecular complexity index is 529. The number of carbonyl (C=O) groups is 1. The van der Waals surface area contributed by atoms with E-state index in [-0.39, 0.29) is 0 Å². The Labute approximate surface area is 119 Å². The summed E-state index contributed by atoms with van der Waals surface area (Å²) in [5.74, 6) is 2.64. The van der Waals surface area contributed by atoms with Crippen LogP contribution in [-0.4, -0.2) is 29.7 Å². The third kappa shape index (κ3) is 2.39. The van der Waals surface area contributed by atoms with Crippen molar-refractivity contribution in [2.75, 3.05) is 18.5 Å². The minimum atomic E-state index is -0.905. The van der Waals surface area contributed by atoms with Crippen LogP contribution in [0.1, 0.15) is 41.7 Å². The maximum absolute atomic E-state index is 11.0. The van der Waals surface area contributed by atoms with Crippen molar-refractivity contribution in [2.45, 2.75) is 32.6 Å². The summed E-state index contributed by atoms with van der Waals surface area (Å²) in [4.78, 5) is 17.6. The van der Waals surface area contributed by atoms with Crippen LogP contribution in [0.4, 0.5) is 5.82 Å². The van der Waals surface area contributed by atoms with Crippen LogP contribution in [0.15, 0.2) is 12.1 Å². The molecule has 0 saturated heterocycles. The molecule has 2 saturated carbocycles. The Morgan fingerprint density at radius 3 is 2.75 bits per heavy atom. The van der Waals surface area contributed by atoms with Gasteiger partial charge in [0.1, 0.15) is 5.82 Å². The lowest BCUT2D eigenvalue weighted by Crippen LogP contribution is -2.29. The average Bonchev–Trinajstić information content (AvgIpc) is 3.00. The number of hydrogen-bond donors (Lipinski definition) is 1. The van der Waals surface area contributed by atoms with E-state index < -0.39 is 5.97 Å². The number of aryl methyl sites for hydroxylation is 1. The van der Waals surface area contributed by atoms with Crippen LogP contribution in [0.3, 0.4) is 0 Å². The summed E-state index contributed by atoms with van der Waals surface area (Å²) in [5, 5.41) is 9.04. The van der Waals surface area contributed by atoms with E-state index in [1.807, 2.05) is 6.07 Å². The maximum Gasteiger partial charge on any atom is 0.337 e. The zero-order chi connectivity index (χ0) is 14.3. The quantitative estimate of drug-likeness (QED) is 0.917. The predicted octanol–water partition coefficient (Wildman–Crippen LogP) is 2.96. The number of fused-ring (bicyclic) bond motifs is 2. The number of aromatic nitrogens is 1. The Kier molecular flexibility index (Phi) is 3.40. The van der Waals surface area contributed by atoms with Crippen LogP contribution in [0.5, 0.6) is 0 Å². The van der Waals surface area contributed by atoms with Crippen molar-refractivity contribution in [1.82, 2.24) is 4.98 Å². The smallest absolute Gasteiger partial charge is 0.337 e. The highest BCUT2D eigenvalue weighted by Crippen LogP contribution is 2.48. The third-order valence-corrected chi connectivity index (χ3v) is 5.09. The van der Waals surface area contributed by atoms with E-state index in [4.69, 9.17) is 5.11 Å². The summed E-state index contributed by atoms with van der Waals surface area (Å²) < 4.78 is 0. The lowest BCUT2D eigenvalue weighted by Gasteiger charge is -2.28. The highest BCUT2D eigenvalue weighted by molar-refractivity contribution is 5.89. The van der Waals surface area contributed by atoms with Gasteiger partial charge in [-0.05, 0) is 56.1 Å². The number of pyridine rings is 1. The van der Waals surface area contributed by atoms with Gasteiger partial charge in [-0.25, -0.2) is 9.78 Å². The molecule has 3 unspecified atom stereocenters. The lowest BCUT2D eigenvalue weighted by molar-refractivity contribution is 0.0695. The molecule has 2 bridgehead atoms. The van der Waals surface area contributed by atoms with Gasteiger partial charge in [0.05, 0.1) is 11.3 Å². The SMILES string of the molecule is Cc1nc(N(C)CC2CC3CCC2C3)ccc1C(=O)O. The van der Waals surface area contributed by atoms with E-state index in [0.29, 0.717) is 11.3 Å². The molecule has 4 heteroatoms. The summed E-state index contributed by atoms with van der Waals surface area (Å²) in [6.45, 7) is 2.80. The van der Waals surface area contributed by atoms with Gasteiger partial charge in [0.15, 0.2) is 0 Å². The maximum atomic E-state index is 11.0. The van der Waals surface area contributed by atoms with E-state index >= 15 is 0 Å². The Balaban J connectivity index is 1.69. The zero-order valence-electron chi connectivity index (χ0n) is 12.2. The molecule has 0 amide bonds. The number of carboxylic acid groups (broad SMARTS) is 1. The summed E-state index contributed by atoms with van der Waals surface area (Å²) in [6.07, 6.45) is 5.60. The molecule has 4 nitrogen and oxygen atoms in total. The molecule has 1 N–H and O–H groups in total. The fourth-order valence-corrected chi connectivity index (χ4v) is 4.03. The van der Waals surface area contributed by atoms with Crippen molar-refractivity contribution in [1.29, 1.82) is 0 Å². The zero-order valence-corrected chi connectivity index (χ0v) is 12.2. The fraction of sp³-hybridized carbons (Fsp3) is 0.625. The molecule has 0 radical (unpaired) electrons. The van der Waals surface area contributed by atoms with Crippen LogP contribution in [0.2, 0.25) is 0 Å². The average molecular weight is 274 g/mol. The fourth-order valence-electron chi connectivity index (χ4n) is 4.03. The van der Waals surface area contributed by atoms with Crippen molar-refractivity contribution in [3.05, 3.63) is 23.4 Å². The Morgan fingerprint density at radius 2 is 2.20 bits per heavy atom. The topological polar surface area (TPSA) is 53.4 Å². The van der Waals surface area contributed by atoms with Gasteiger partial charge in [0, 0.05) is 13.6 Å². The summed E-state index contributed by atoms with van der Waals surface area (Å²) >= 11 is 0. The first-order valence-electron chi connectivity index (χ1n) is 7.46. The molecule has 0 aliphatic heterocycles. The van der Waals surface area contributed by atoms with Crippen molar-refractivity contribution in [3.8, 4) is 0 Å². The summed E-state index contributed by atoms with van der Waals surface area (Å²) in [6, 6.07) is 3.49. The van der Waals surface area contributed by atoms with E-state index in [1.165, 1.54) is 25.7 Å². The van der Waals surface area contributed by atoms with Crippen LogP contribution in [-0.2, 0) is 0 Å². The number of rotatable bonds is 4. The third-order valence-electron chi connectivity index (χ3n) is 5.09. The van der Waals surface area contributed by atoms with Crippen LogP contribution in [0, 0.1) is 24.7 Å². The highest BCUT2D eigenvalue weighted by atomic mass is 16.4. The lowest BCUT2D eigenvalue weighted by atomic mass is 9.88. The van der Waals surface area contributed by atoms with Gasteiger partial charge >= 0.3 is 5.97 Å². The first kappa shape index (κ1) is 13.4. The molecule has 2 fully saturated rings. The molecule has 108 valence electrons. The van der Waals surface area contributed by atoms with Crippen molar-refractivity contribution >= 4 is 11.8 Å². The molecule has 3 rings (SSSR count). The van der Waals surface area contributed by atoms with Gasteiger partial charge in [-0.3, -0.25) is 0 Å². The van der Waals surface area contributed by atoms with Gasteiger partial charge in [-0.2, -0.15) is 0 Å². The number of carboxylic acids is 1. The van der Waals surface area contributed by atoms with Crippen LogP contribution in [0.25, 0.3) is 0 Å². The molecule has 0 spiro atoms. The van der Waals surface area contributed by atoms with Gasteiger partial charge in [-0.15, -0.1) is 0 Å². The normalized spacial score (nSPS) is 27.8. The second-order valence-electron chi connectivity index (χ2n) is 6.42. The van der Waals surface area contributed by atoms with Crippen molar-refractivity contribution in [2.24, 2.45) is 17.8 Å². The molecule has 1 aromatic heterocycles.